The van der Waals surface area contributed by atoms with Crippen molar-refractivity contribution in [1.29, 1.82) is 0 Å². The summed E-state index contributed by atoms with van der Waals surface area (Å²) in [5.41, 5.74) is 0.835. The fourth-order valence-corrected chi connectivity index (χ4v) is 1.52. The van der Waals surface area contributed by atoms with Crippen molar-refractivity contribution in [2.24, 2.45) is 0 Å². The van der Waals surface area contributed by atoms with Gasteiger partial charge < -0.3 is 14.2 Å². The molecule has 0 saturated carbocycles. The zero-order chi connectivity index (χ0) is 12.7. The van der Waals surface area contributed by atoms with Crippen molar-refractivity contribution < 1.29 is 19.0 Å². The Morgan fingerprint density at radius 3 is 2.53 bits per heavy atom. The summed E-state index contributed by atoms with van der Waals surface area (Å²) in [4.78, 5) is 11.4. The van der Waals surface area contributed by atoms with Crippen molar-refractivity contribution in [2.75, 3.05) is 26.2 Å². The maximum Gasteiger partial charge on any atom is 0.310 e. The van der Waals surface area contributed by atoms with Crippen molar-refractivity contribution in [3.05, 3.63) is 23.8 Å². The van der Waals surface area contributed by atoms with Gasteiger partial charge in [0.2, 0.25) is 0 Å². The van der Waals surface area contributed by atoms with Crippen LogP contribution in [0.4, 0.5) is 0 Å². The van der Waals surface area contributed by atoms with E-state index in [0.717, 1.165) is 5.56 Å². The lowest BCUT2D eigenvalue weighted by Crippen LogP contribution is -2.09. The molecule has 94 valence electrons. The second-order valence-electron chi connectivity index (χ2n) is 3.28. The molecule has 1 aromatic rings. The molecular weight excluding hydrogens is 288 g/mol. The molecule has 0 aromatic heterocycles. The van der Waals surface area contributed by atoms with Crippen LogP contribution in [0.25, 0.3) is 0 Å². The van der Waals surface area contributed by atoms with Gasteiger partial charge in [-0.05, 0) is 17.7 Å². The van der Waals surface area contributed by atoms with Gasteiger partial charge in [0.05, 0.1) is 20.6 Å². The van der Waals surface area contributed by atoms with E-state index in [-0.39, 0.29) is 12.4 Å². The minimum absolute atomic E-state index is 0.230. The number of ether oxygens (including phenoxy) is 3. The number of hydrogen-bond acceptors (Lipinski definition) is 4. The van der Waals surface area contributed by atoms with E-state index in [0.29, 0.717) is 23.4 Å². The Balaban J connectivity index is 2.68. The van der Waals surface area contributed by atoms with E-state index in [1.165, 1.54) is 0 Å². The summed E-state index contributed by atoms with van der Waals surface area (Å²) in [5.74, 6) is 1.00. The Labute approximate surface area is 109 Å². The van der Waals surface area contributed by atoms with Crippen LogP contribution in [0.2, 0.25) is 0 Å². The summed E-state index contributed by atoms with van der Waals surface area (Å²) in [6.45, 7) is 0.381. The molecule has 0 heterocycles. The van der Waals surface area contributed by atoms with E-state index in [4.69, 9.17) is 14.2 Å². The molecule has 0 saturated heterocycles. The Morgan fingerprint density at radius 2 is 1.94 bits per heavy atom. The molecule has 0 aliphatic rings. The molecule has 0 aliphatic carbocycles. The molecule has 17 heavy (non-hydrogen) atoms. The van der Waals surface area contributed by atoms with Gasteiger partial charge in [0.1, 0.15) is 6.61 Å². The number of esters is 1. The smallest absolute Gasteiger partial charge is 0.310 e. The topological polar surface area (TPSA) is 44.8 Å². The summed E-state index contributed by atoms with van der Waals surface area (Å²) < 4.78 is 15.2. The van der Waals surface area contributed by atoms with Gasteiger partial charge in [-0.15, -0.1) is 0 Å². The first-order valence-electron chi connectivity index (χ1n) is 5.13. The van der Waals surface area contributed by atoms with Gasteiger partial charge in [-0.1, -0.05) is 22.0 Å². The lowest BCUT2D eigenvalue weighted by Gasteiger charge is -2.09. The van der Waals surface area contributed by atoms with Crippen LogP contribution in [-0.2, 0) is 16.0 Å². The van der Waals surface area contributed by atoms with Crippen LogP contribution in [0, 0.1) is 0 Å². The summed E-state index contributed by atoms with van der Waals surface area (Å²) in [7, 11) is 3.13. The minimum Gasteiger partial charge on any atom is -0.493 e. The van der Waals surface area contributed by atoms with Gasteiger partial charge in [-0.25, -0.2) is 0 Å². The zero-order valence-corrected chi connectivity index (χ0v) is 11.5. The van der Waals surface area contributed by atoms with Gasteiger partial charge in [0, 0.05) is 5.33 Å². The fraction of sp³-hybridized carbons (Fsp3) is 0.417. The Bertz CT molecular complexity index is 379. The van der Waals surface area contributed by atoms with E-state index in [2.05, 4.69) is 15.9 Å². The third-order valence-corrected chi connectivity index (χ3v) is 2.46. The van der Waals surface area contributed by atoms with Crippen LogP contribution in [0.15, 0.2) is 18.2 Å². The first kappa shape index (κ1) is 13.8. The maximum absolute atomic E-state index is 11.4. The molecule has 1 aromatic carbocycles. The minimum atomic E-state index is -0.253. The highest BCUT2D eigenvalue weighted by Gasteiger charge is 2.08. The highest BCUT2D eigenvalue weighted by Crippen LogP contribution is 2.27. The second kappa shape index (κ2) is 7.17. The lowest BCUT2D eigenvalue weighted by molar-refractivity contribution is -0.142. The van der Waals surface area contributed by atoms with E-state index in [1.807, 2.05) is 6.07 Å². The zero-order valence-electron chi connectivity index (χ0n) is 9.86. The number of hydrogen-bond donors (Lipinski definition) is 0. The van der Waals surface area contributed by atoms with Crippen molar-refractivity contribution in [3.63, 3.8) is 0 Å². The molecule has 5 heteroatoms. The average Bonchev–Trinajstić information content (AvgIpc) is 2.36. The average molecular weight is 303 g/mol. The van der Waals surface area contributed by atoms with Crippen LogP contribution >= 0.6 is 15.9 Å². The van der Waals surface area contributed by atoms with Crippen molar-refractivity contribution >= 4 is 21.9 Å². The highest BCUT2D eigenvalue weighted by atomic mass is 79.9. The van der Waals surface area contributed by atoms with Crippen LogP contribution in [-0.4, -0.2) is 32.1 Å². The molecule has 0 aliphatic heterocycles. The largest absolute Gasteiger partial charge is 0.493 e. The number of benzene rings is 1. The molecule has 0 spiro atoms. The van der Waals surface area contributed by atoms with Crippen LogP contribution < -0.4 is 9.47 Å². The van der Waals surface area contributed by atoms with Gasteiger partial charge >= 0.3 is 5.97 Å². The molecule has 0 radical (unpaired) electrons. The number of halogens is 1. The SMILES string of the molecule is COc1ccc(CC(=O)OCCBr)cc1OC. The third kappa shape index (κ3) is 4.26. The molecule has 0 N–H and O–H groups in total. The number of carbonyl (C=O) groups excluding carboxylic acids is 1. The van der Waals surface area contributed by atoms with E-state index < -0.39 is 0 Å². The molecular formula is C12H15BrO4. The van der Waals surface area contributed by atoms with Gasteiger partial charge in [0.25, 0.3) is 0 Å². The van der Waals surface area contributed by atoms with Crippen LogP contribution in [0.1, 0.15) is 5.56 Å². The number of alkyl halides is 1. The first-order valence-corrected chi connectivity index (χ1v) is 6.26. The first-order chi connectivity index (χ1) is 8.21. The van der Waals surface area contributed by atoms with E-state index >= 15 is 0 Å². The predicted molar refractivity (Wildman–Crippen MR) is 68.0 cm³/mol. The monoisotopic (exact) mass is 302 g/mol. The molecule has 4 nitrogen and oxygen atoms in total. The molecule has 0 bridgehead atoms. The fourth-order valence-electron chi connectivity index (χ4n) is 1.36. The van der Waals surface area contributed by atoms with Crippen LogP contribution in [0.3, 0.4) is 0 Å². The van der Waals surface area contributed by atoms with Crippen molar-refractivity contribution in [3.8, 4) is 11.5 Å². The van der Waals surface area contributed by atoms with Gasteiger partial charge in [-0.3, -0.25) is 4.79 Å². The summed E-state index contributed by atoms with van der Waals surface area (Å²) in [5, 5.41) is 0.644. The van der Waals surface area contributed by atoms with Crippen molar-refractivity contribution in [2.45, 2.75) is 6.42 Å². The second-order valence-corrected chi connectivity index (χ2v) is 4.07. The number of rotatable bonds is 6. The van der Waals surface area contributed by atoms with E-state index in [1.54, 1.807) is 26.4 Å². The van der Waals surface area contributed by atoms with Gasteiger partial charge in [-0.2, -0.15) is 0 Å². The molecule has 0 atom stereocenters. The highest BCUT2D eigenvalue weighted by molar-refractivity contribution is 9.09. The predicted octanol–water partition coefficient (Wildman–Crippen LogP) is 2.18. The third-order valence-electron chi connectivity index (χ3n) is 2.14. The lowest BCUT2D eigenvalue weighted by atomic mass is 10.1. The normalized spacial score (nSPS) is 9.82. The molecule has 0 amide bonds. The number of methoxy groups -OCH3 is 2. The quantitative estimate of drug-likeness (QED) is 0.597. The Hall–Kier alpha value is -1.23. The molecule has 0 unspecified atom stereocenters. The number of carbonyl (C=O) groups is 1. The Morgan fingerprint density at radius 1 is 1.24 bits per heavy atom. The molecule has 1 rings (SSSR count). The summed E-state index contributed by atoms with van der Waals surface area (Å²) in [6, 6.07) is 5.36. The summed E-state index contributed by atoms with van der Waals surface area (Å²) >= 11 is 3.19. The standard InChI is InChI=1S/C12H15BrO4/c1-15-10-4-3-9(7-11(10)16-2)8-12(14)17-6-5-13/h3-4,7H,5-6,8H2,1-2H3. The molecule has 0 fully saturated rings. The van der Waals surface area contributed by atoms with Gasteiger partial charge in [0.15, 0.2) is 11.5 Å². The van der Waals surface area contributed by atoms with E-state index in [9.17, 15) is 4.79 Å². The van der Waals surface area contributed by atoms with Crippen LogP contribution in [0.5, 0.6) is 11.5 Å². The summed E-state index contributed by atoms with van der Waals surface area (Å²) in [6.07, 6.45) is 0.230. The van der Waals surface area contributed by atoms with Crippen molar-refractivity contribution in [1.82, 2.24) is 0 Å². The maximum atomic E-state index is 11.4. The Kier molecular flexibility index (Phi) is 5.83.